The van der Waals surface area contributed by atoms with E-state index in [0.717, 1.165) is 16.9 Å². The highest BCUT2D eigenvalue weighted by Gasteiger charge is 2.14. The van der Waals surface area contributed by atoms with Crippen LogP contribution in [0.1, 0.15) is 5.56 Å². The maximum absolute atomic E-state index is 10.1. The van der Waals surface area contributed by atoms with E-state index in [2.05, 4.69) is 10.2 Å². The third-order valence-electron chi connectivity index (χ3n) is 3.87. The van der Waals surface area contributed by atoms with Crippen molar-refractivity contribution >= 4 is 11.8 Å². The topological polar surface area (TPSA) is 86.8 Å². The van der Waals surface area contributed by atoms with E-state index in [1.807, 2.05) is 37.3 Å². The summed E-state index contributed by atoms with van der Waals surface area (Å²) in [4.78, 5) is 0. The van der Waals surface area contributed by atoms with Crippen molar-refractivity contribution in [1.82, 2.24) is 10.2 Å². The molecule has 2 aromatic carbocycles. The van der Waals surface area contributed by atoms with E-state index >= 15 is 0 Å². The largest absolute Gasteiger partial charge is 0.493 e. The molecule has 148 valence electrons. The number of methoxy groups -OCH3 is 2. The standard InChI is InChI=1S/C20H22N2O5S/c1-13-5-4-6-16(9-13)26-11-15(23)12-28-20-22-21-19(27-20)14-7-8-17(24-2)18(10-14)25-3/h4-10,15,23H,11-12H2,1-3H3/t15-/m1/s1. The number of ether oxygens (including phenoxy) is 3. The first kappa shape index (κ1) is 20.0. The molecule has 0 saturated carbocycles. The third-order valence-corrected chi connectivity index (χ3v) is 4.83. The van der Waals surface area contributed by atoms with Gasteiger partial charge in [-0.3, -0.25) is 0 Å². The Kier molecular flexibility index (Phi) is 6.78. The number of aliphatic hydroxyl groups excluding tert-OH is 1. The van der Waals surface area contributed by atoms with E-state index in [9.17, 15) is 5.11 Å². The predicted molar refractivity (Wildman–Crippen MR) is 106 cm³/mol. The maximum atomic E-state index is 10.1. The summed E-state index contributed by atoms with van der Waals surface area (Å²) in [5, 5.41) is 18.6. The molecule has 0 spiro atoms. The van der Waals surface area contributed by atoms with E-state index in [0.29, 0.717) is 28.4 Å². The quantitative estimate of drug-likeness (QED) is 0.544. The summed E-state index contributed by atoms with van der Waals surface area (Å²) in [5.41, 5.74) is 1.83. The van der Waals surface area contributed by atoms with Crippen LogP contribution < -0.4 is 14.2 Å². The lowest BCUT2D eigenvalue weighted by atomic mass is 10.2. The molecule has 0 aliphatic carbocycles. The maximum Gasteiger partial charge on any atom is 0.276 e. The molecule has 1 N–H and O–H groups in total. The molecule has 3 rings (SSSR count). The van der Waals surface area contributed by atoms with Crippen LogP contribution in [0.5, 0.6) is 17.2 Å². The van der Waals surface area contributed by atoms with Gasteiger partial charge in [0, 0.05) is 11.3 Å². The van der Waals surface area contributed by atoms with E-state index in [4.69, 9.17) is 18.6 Å². The molecule has 0 aliphatic heterocycles. The van der Waals surface area contributed by atoms with Crippen LogP contribution in [0, 0.1) is 6.92 Å². The van der Waals surface area contributed by atoms with Gasteiger partial charge >= 0.3 is 0 Å². The van der Waals surface area contributed by atoms with Crippen molar-refractivity contribution in [2.75, 3.05) is 26.6 Å². The molecule has 0 bridgehead atoms. The minimum atomic E-state index is -0.665. The van der Waals surface area contributed by atoms with Gasteiger partial charge in [0.2, 0.25) is 5.89 Å². The number of rotatable bonds is 9. The molecule has 7 nitrogen and oxygen atoms in total. The number of aromatic nitrogens is 2. The lowest BCUT2D eigenvalue weighted by Gasteiger charge is -2.11. The highest BCUT2D eigenvalue weighted by Crippen LogP contribution is 2.32. The van der Waals surface area contributed by atoms with Gasteiger partial charge < -0.3 is 23.7 Å². The first-order valence-electron chi connectivity index (χ1n) is 8.65. The van der Waals surface area contributed by atoms with Crippen LogP contribution in [0.3, 0.4) is 0 Å². The fourth-order valence-corrected chi connectivity index (χ4v) is 3.13. The van der Waals surface area contributed by atoms with Crippen molar-refractivity contribution < 1.29 is 23.7 Å². The fraction of sp³-hybridized carbons (Fsp3) is 0.300. The van der Waals surface area contributed by atoms with Gasteiger partial charge in [0.05, 0.1) is 20.3 Å². The molecule has 0 fully saturated rings. The van der Waals surface area contributed by atoms with Gasteiger partial charge in [-0.2, -0.15) is 0 Å². The van der Waals surface area contributed by atoms with Gasteiger partial charge in [0.25, 0.3) is 5.22 Å². The molecular formula is C20H22N2O5S. The Balaban J connectivity index is 1.54. The normalized spacial score (nSPS) is 11.9. The Hall–Kier alpha value is -2.71. The Morgan fingerprint density at radius 3 is 2.64 bits per heavy atom. The molecule has 8 heteroatoms. The summed E-state index contributed by atoms with van der Waals surface area (Å²) in [7, 11) is 3.14. The van der Waals surface area contributed by atoms with E-state index in [-0.39, 0.29) is 6.61 Å². The lowest BCUT2D eigenvalue weighted by Crippen LogP contribution is -2.20. The zero-order valence-corrected chi connectivity index (χ0v) is 16.7. The van der Waals surface area contributed by atoms with Crippen molar-refractivity contribution in [3.63, 3.8) is 0 Å². The zero-order chi connectivity index (χ0) is 19.9. The van der Waals surface area contributed by atoms with Gasteiger partial charge in [0.1, 0.15) is 12.4 Å². The summed E-state index contributed by atoms with van der Waals surface area (Å²) < 4.78 is 21.8. The molecule has 0 amide bonds. The molecule has 0 saturated heterocycles. The van der Waals surface area contributed by atoms with Gasteiger partial charge in [0.15, 0.2) is 11.5 Å². The number of benzene rings is 2. The fourth-order valence-electron chi connectivity index (χ4n) is 2.47. The second kappa shape index (κ2) is 9.48. The van der Waals surface area contributed by atoms with Crippen LogP contribution in [-0.2, 0) is 0 Å². The summed E-state index contributed by atoms with van der Waals surface area (Å²) >= 11 is 1.27. The first-order valence-corrected chi connectivity index (χ1v) is 9.64. The smallest absolute Gasteiger partial charge is 0.276 e. The monoisotopic (exact) mass is 402 g/mol. The molecule has 1 atom stereocenters. The SMILES string of the molecule is COc1ccc(-c2nnc(SC[C@H](O)COc3cccc(C)c3)o2)cc1OC. The Morgan fingerprint density at radius 1 is 1.07 bits per heavy atom. The number of hydrogen-bond donors (Lipinski definition) is 1. The number of thioether (sulfide) groups is 1. The van der Waals surface area contributed by atoms with Crippen LogP contribution in [0.2, 0.25) is 0 Å². The second-order valence-corrected chi connectivity index (χ2v) is 7.01. The molecule has 28 heavy (non-hydrogen) atoms. The lowest BCUT2D eigenvalue weighted by molar-refractivity contribution is 0.126. The summed E-state index contributed by atoms with van der Waals surface area (Å²) in [6.45, 7) is 2.18. The van der Waals surface area contributed by atoms with Gasteiger partial charge in [-0.1, -0.05) is 23.9 Å². The second-order valence-electron chi connectivity index (χ2n) is 6.04. The Labute approximate surface area is 167 Å². The summed E-state index contributed by atoms with van der Waals surface area (Å²) in [5.74, 6) is 2.68. The Morgan fingerprint density at radius 2 is 1.89 bits per heavy atom. The van der Waals surface area contributed by atoms with Crippen LogP contribution in [0.4, 0.5) is 0 Å². The molecule has 0 unspecified atom stereocenters. The van der Waals surface area contributed by atoms with Gasteiger partial charge in [-0.05, 0) is 42.8 Å². The van der Waals surface area contributed by atoms with E-state index in [1.165, 1.54) is 11.8 Å². The summed E-state index contributed by atoms with van der Waals surface area (Å²) in [6.07, 6.45) is -0.665. The van der Waals surface area contributed by atoms with Gasteiger partial charge in [-0.15, -0.1) is 10.2 Å². The third kappa shape index (κ3) is 5.17. The first-order chi connectivity index (χ1) is 13.6. The van der Waals surface area contributed by atoms with Crippen LogP contribution in [-0.4, -0.2) is 48.0 Å². The zero-order valence-electron chi connectivity index (χ0n) is 15.9. The molecule has 1 heterocycles. The van der Waals surface area contributed by atoms with E-state index in [1.54, 1.807) is 26.4 Å². The van der Waals surface area contributed by atoms with Crippen molar-refractivity contribution in [1.29, 1.82) is 0 Å². The van der Waals surface area contributed by atoms with Crippen molar-refractivity contribution in [2.45, 2.75) is 18.3 Å². The number of nitrogens with zero attached hydrogens (tertiary/aromatic N) is 2. The summed E-state index contributed by atoms with van der Waals surface area (Å²) in [6, 6.07) is 13.1. The molecular weight excluding hydrogens is 380 g/mol. The molecule has 1 aromatic heterocycles. The molecule has 0 aliphatic rings. The van der Waals surface area contributed by atoms with Crippen molar-refractivity contribution in [3.05, 3.63) is 48.0 Å². The van der Waals surface area contributed by atoms with E-state index < -0.39 is 6.10 Å². The Bertz CT molecular complexity index is 915. The number of hydrogen-bond acceptors (Lipinski definition) is 8. The number of aliphatic hydroxyl groups is 1. The minimum Gasteiger partial charge on any atom is -0.493 e. The highest BCUT2D eigenvalue weighted by atomic mass is 32.2. The minimum absolute atomic E-state index is 0.188. The molecule has 0 radical (unpaired) electrons. The number of aryl methyl sites for hydroxylation is 1. The average Bonchev–Trinajstić information content (AvgIpc) is 3.19. The van der Waals surface area contributed by atoms with Crippen LogP contribution in [0.15, 0.2) is 52.1 Å². The van der Waals surface area contributed by atoms with Crippen molar-refractivity contribution in [2.24, 2.45) is 0 Å². The molecule has 3 aromatic rings. The average molecular weight is 402 g/mol. The van der Waals surface area contributed by atoms with Crippen LogP contribution >= 0.6 is 11.8 Å². The van der Waals surface area contributed by atoms with Crippen LogP contribution in [0.25, 0.3) is 11.5 Å². The van der Waals surface area contributed by atoms with Gasteiger partial charge in [-0.25, -0.2) is 0 Å². The van der Waals surface area contributed by atoms with Crippen molar-refractivity contribution in [3.8, 4) is 28.7 Å². The highest BCUT2D eigenvalue weighted by molar-refractivity contribution is 7.99. The predicted octanol–water partition coefficient (Wildman–Crippen LogP) is 3.59.